The Balaban J connectivity index is 0.776. The van der Waals surface area contributed by atoms with E-state index >= 15 is 0 Å². The molecule has 0 saturated heterocycles. The van der Waals surface area contributed by atoms with Crippen LogP contribution in [-0.4, -0.2) is 0 Å². The van der Waals surface area contributed by atoms with E-state index in [1.165, 1.54) is 52.9 Å². The summed E-state index contributed by atoms with van der Waals surface area (Å²) in [5, 5.41) is 8.63. The highest BCUT2D eigenvalue weighted by Gasteiger charge is 2.20. The molecule has 0 atom stereocenters. The number of thiophene rings is 2. The molecular weight excluding hydrogens is 801 g/mol. The lowest BCUT2D eigenvalue weighted by Crippen LogP contribution is -1.85. The molecule has 13 aromatic rings. The number of hydrogen-bond acceptors (Lipinski definition) is 6. The summed E-state index contributed by atoms with van der Waals surface area (Å²) in [5.74, 6) is 0. The Morgan fingerprint density at radius 1 is 0.323 bits per heavy atom. The van der Waals surface area contributed by atoms with Gasteiger partial charge >= 0.3 is 0 Å². The molecule has 62 heavy (non-hydrogen) atoms. The standard InChI is InChI=1S/C56H32O4S2/c1-3-7-31(8-4-1)33-11-19-45-41(27-33)37-15-17-39-43-29-35(13-21-47(43)59-55(39)53(37)57-45)49-23-25-51(61-49)52-26-24-50(62-52)36-14-22-48-44(30-36)40-18-16-38-42-28-34(32-9-5-2-6-10-32)12-20-46(42)58-54(38)56(40)60-48/h1,3-5,7-30H,2,6H2. The number of allylic oxidation sites excluding steroid dienone is 4. The summed E-state index contributed by atoms with van der Waals surface area (Å²) in [6.45, 7) is 0. The van der Waals surface area contributed by atoms with Gasteiger partial charge in [-0.15, -0.1) is 22.7 Å². The lowest BCUT2D eigenvalue weighted by atomic mass is 9.98. The zero-order valence-electron chi connectivity index (χ0n) is 33.0. The summed E-state index contributed by atoms with van der Waals surface area (Å²) in [6.07, 6.45) is 8.97. The fraction of sp³-hybridized carbons (Fsp3) is 0.0357. The lowest BCUT2D eigenvalue weighted by molar-refractivity contribution is 0.633. The molecule has 4 nitrogen and oxygen atoms in total. The third-order valence-electron chi connectivity index (χ3n) is 12.6. The molecule has 0 radical (unpaired) electrons. The van der Waals surface area contributed by atoms with Crippen molar-refractivity contribution in [2.75, 3.05) is 0 Å². The van der Waals surface area contributed by atoms with Gasteiger partial charge in [-0.2, -0.15) is 0 Å². The lowest BCUT2D eigenvalue weighted by Gasteiger charge is -2.06. The van der Waals surface area contributed by atoms with Gasteiger partial charge in [-0.25, -0.2) is 0 Å². The maximum Gasteiger partial charge on any atom is 0.178 e. The maximum absolute atomic E-state index is 6.52. The Morgan fingerprint density at radius 2 is 0.742 bits per heavy atom. The van der Waals surface area contributed by atoms with E-state index in [4.69, 9.17) is 17.7 Å². The maximum atomic E-state index is 6.52. The predicted octanol–water partition coefficient (Wildman–Crippen LogP) is 17.8. The van der Waals surface area contributed by atoms with Crippen molar-refractivity contribution in [3.05, 3.63) is 175 Å². The van der Waals surface area contributed by atoms with Crippen LogP contribution in [0.4, 0.5) is 0 Å². The second-order valence-corrected chi connectivity index (χ2v) is 18.4. The normalized spacial score (nSPS) is 13.4. The van der Waals surface area contributed by atoms with Gasteiger partial charge < -0.3 is 17.7 Å². The van der Waals surface area contributed by atoms with E-state index in [0.717, 1.165) is 101 Å². The summed E-state index contributed by atoms with van der Waals surface area (Å²) >= 11 is 3.63. The Bertz CT molecular complexity index is 4040. The quantitative estimate of drug-likeness (QED) is 0.173. The van der Waals surface area contributed by atoms with Crippen molar-refractivity contribution in [1.82, 2.24) is 0 Å². The first kappa shape index (κ1) is 34.3. The second-order valence-electron chi connectivity index (χ2n) is 16.2. The van der Waals surface area contributed by atoms with Crippen LogP contribution in [0.25, 0.3) is 135 Å². The molecule has 1 aliphatic rings. The van der Waals surface area contributed by atoms with Crippen molar-refractivity contribution in [1.29, 1.82) is 0 Å². The van der Waals surface area contributed by atoms with Crippen molar-refractivity contribution in [3.63, 3.8) is 0 Å². The average Bonchev–Trinajstić information content (AvgIpc) is 4.19. The predicted molar refractivity (Wildman–Crippen MR) is 259 cm³/mol. The summed E-state index contributed by atoms with van der Waals surface area (Å²) in [7, 11) is 0. The molecule has 0 spiro atoms. The van der Waals surface area contributed by atoms with Crippen molar-refractivity contribution < 1.29 is 17.7 Å². The van der Waals surface area contributed by atoms with Crippen LogP contribution in [0.5, 0.6) is 0 Å². The molecule has 0 N–H and O–H groups in total. The van der Waals surface area contributed by atoms with Gasteiger partial charge in [0.05, 0.1) is 0 Å². The molecule has 0 unspecified atom stereocenters. The molecule has 0 fully saturated rings. The molecular formula is C56H32O4S2. The van der Waals surface area contributed by atoms with Gasteiger partial charge in [0.1, 0.15) is 22.3 Å². The van der Waals surface area contributed by atoms with Gasteiger partial charge in [0.2, 0.25) is 0 Å². The topological polar surface area (TPSA) is 52.6 Å². The van der Waals surface area contributed by atoms with E-state index in [9.17, 15) is 0 Å². The van der Waals surface area contributed by atoms with Gasteiger partial charge in [-0.1, -0.05) is 60.7 Å². The third kappa shape index (κ3) is 5.17. The highest BCUT2D eigenvalue weighted by molar-refractivity contribution is 7.25. The fourth-order valence-electron chi connectivity index (χ4n) is 9.51. The number of hydrogen-bond donors (Lipinski definition) is 0. The largest absolute Gasteiger partial charge is 0.452 e. The monoisotopic (exact) mass is 832 g/mol. The molecule has 14 rings (SSSR count). The number of rotatable bonds is 5. The van der Waals surface area contributed by atoms with Crippen molar-refractivity contribution in [2.24, 2.45) is 0 Å². The van der Waals surface area contributed by atoms with Crippen LogP contribution in [0.15, 0.2) is 188 Å². The van der Waals surface area contributed by atoms with E-state index < -0.39 is 0 Å². The Hall–Kier alpha value is -7.38. The van der Waals surface area contributed by atoms with Crippen LogP contribution in [0.3, 0.4) is 0 Å². The average molecular weight is 833 g/mol. The first-order valence-corrected chi connectivity index (χ1v) is 22.6. The van der Waals surface area contributed by atoms with Crippen LogP contribution in [-0.2, 0) is 0 Å². The molecule has 0 amide bonds. The van der Waals surface area contributed by atoms with Crippen molar-refractivity contribution in [3.8, 4) is 41.8 Å². The van der Waals surface area contributed by atoms with Crippen molar-refractivity contribution in [2.45, 2.75) is 12.8 Å². The summed E-state index contributed by atoms with van der Waals surface area (Å²) in [4.78, 5) is 4.92. The van der Waals surface area contributed by atoms with Gasteiger partial charge in [0, 0.05) is 62.6 Å². The second kappa shape index (κ2) is 13.1. The zero-order valence-corrected chi connectivity index (χ0v) is 34.7. The van der Waals surface area contributed by atoms with Crippen LogP contribution < -0.4 is 0 Å². The van der Waals surface area contributed by atoms with E-state index in [-0.39, 0.29) is 0 Å². The smallest absolute Gasteiger partial charge is 0.178 e. The minimum Gasteiger partial charge on any atom is -0.452 e. The summed E-state index contributed by atoms with van der Waals surface area (Å²) in [6, 6.07) is 54.1. The number of furan rings is 4. The van der Waals surface area contributed by atoms with E-state index in [1.807, 2.05) is 28.7 Å². The Labute approximate surface area is 361 Å². The molecule has 1 aliphatic carbocycles. The number of benzene rings is 7. The molecule has 6 heteroatoms. The third-order valence-corrected chi connectivity index (χ3v) is 15.1. The minimum atomic E-state index is 0.786. The zero-order chi connectivity index (χ0) is 40.5. The Morgan fingerprint density at radius 3 is 1.21 bits per heavy atom. The molecule has 0 bridgehead atoms. The Kier molecular flexibility index (Phi) is 7.23. The van der Waals surface area contributed by atoms with E-state index in [1.54, 1.807) is 0 Å². The van der Waals surface area contributed by atoms with Crippen LogP contribution in [0.1, 0.15) is 18.4 Å². The summed E-state index contributed by atoms with van der Waals surface area (Å²) in [5.41, 5.74) is 13.8. The molecule has 7 aromatic carbocycles. The highest BCUT2D eigenvalue weighted by atomic mass is 32.1. The van der Waals surface area contributed by atoms with Gasteiger partial charge in [-0.05, 0) is 155 Å². The van der Waals surface area contributed by atoms with Gasteiger partial charge in [0.25, 0.3) is 0 Å². The molecule has 0 saturated carbocycles. The fourth-order valence-corrected chi connectivity index (χ4v) is 11.6. The number of fused-ring (bicyclic) bond motifs is 14. The first-order chi connectivity index (χ1) is 30.7. The van der Waals surface area contributed by atoms with E-state index in [2.05, 4.69) is 164 Å². The molecule has 6 heterocycles. The molecule has 0 aliphatic heterocycles. The molecule has 6 aromatic heterocycles. The van der Waals surface area contributed by atoms with Crippen molar-refractivity contribution >= 4 is 116 Å². The molecule has 292 valence electrons. The SMILES string of the molecule is C1=CC(c2ccc3oc4c(ccc5c6cc(-c7ccc(-c8ccc(-c9ccc%10oc%11c(ccc%12c%13cc(-c%14ccccc%14)ccc%13oc%12%11)c%10c9)s8)s7)ccc6oc54)c3c2)=CCC1. The van der Waals surface area contributed by atoms with Crippen LogP contribution in [0.2, 0.25) is 0 Å². The van der Waals surface area contributed by atoms with Gasteiger partial charge in [-0.3, -0.25) is 0 Å². The van der Waals surface area contributed by atoms with Crippen LogP contribution in [0, 0.1) is 0 Å². The minimum absolute atomic E-state index is 0.786. The summed E-state index contributed by atoms with van der Waals surface area (Å²) < 4.78 is 26.0. The van der Waals surface area contributed by atoms with Crippen LogP contribution >= 0.6 is 22.7 Å². The highest BCUT2D eigenvalue weighted by Crippen LogP contribution is 2.45. The van der Waals surface area contributed by atoms with Gasteiger partial charge in [0.15, 0.2) is 22.3 Å². The van der Waals surface area contributed by atoms with E-state index in [0.29, 0.717) is 0 Å². The first-order valence-electron chi connectivity index (χ1n) is 20.9.